The van der Waals surface area contributed by atoms with Crippen LogP contribution in [0.3, 0.4) is 0 Å². The van der Waals surface area contributed by atoms with E-state index in [1.54, 1.807) is 17.2 Å². The summed E-state index contributed by atoms with van der Waals surface area (Å²) >= 11 is 0. The summed E-state index contributed by atoms with van der Waals surface area (Å²) < 4.78 is 10.9. The van der Waals surface area contributed by atoms with Gasteiger partial charge in [0.25, 0.3) is 0 Å². The van der Waals surface area contributed by atoms with Crippen molar-refractivity contribution < 1.29 is 14.3 Å². The second-order valence-corrected chi connectivity index (χ2v) is 6.67. The topological polar surface area (TPSA) is 76.6 Å². The zero-order valence-electron chi connectivity index (χ0n) is 15.3. The summed E-state index contributed by atoms with van der Waals surface area (Å²) in [5.74, 6) is 2.08. The molecule has 1 amide bonds. The number of aromatic nitrogens is 2. The Morgan fingerprint density at radius 3 is 2.77 bits per heavy atom. The standard InChI is InChI=1S/C19H24N4O3/c1-13(2)16-12-26-19(24)23(16)17-9-10-20-18(22-17)21-14(3)11-25-15-7-5-4-6-8-15/h4-10,13-14,16H,11-12H2,1-3H3,(H,20,21,22). The fraction of sp³-hybridized carbons (Fsp3) is 0.421. The Hall–Kier alpha value is -2.83. The molecule has 7 nitrogen and oxygen atoms in total. The summed E-state index contributed by atoms with van der Waals surface area (Å²) in [5, 5.41) is 3.21. The number of ether oxygens (including phenoxy) is 2. The molecule has 0 spiro atoms. The summed E-state index contributed by atoms with van der Waals surface area (Å²) in [7, 11) is 0. The second kappa shape index (κ2) is 8.03. The van der Waals surface area contributed by atoms with Crippen LogP contribution < -0.4 is 15.0 Å². The quantitative estimate of drug-likeness (QED) is 0.820. The van der Waals surface area contributed by atoms with Crippen LogP contribution in [0.5, 0.6) is 5.75 Å². The number of cyclic esters (lactones) is 1. The molecule has 138 valence electrons. The maximum absolute atomic E-state index is 12.1. The average Bonchev–Trinajstić information content (AvgIpc) is 3.03. The summed E-state index contributed by atoms with van der Waals surface area (Å²) in [4.78, 5) is 22.4. The van der Waals surface area contributed by atoms with E-state index in [2.05, 4.69) is 29.1 Å². The van der Waals surface area contributed by atoms with E-state index in [1.807, 2.05) is 37.3 Å². The Balaban J connectivity index is 1.64. The number of hydrogen-bond acceptors (Lipinski definition) is 6. The number of nitrogens with zero attached hydrogens (tertiary/aromatic N) is 3. The van der Waals surface area contributed by atoms with Gasteiger partial charge in [0.15, 0.2) is 0 Å². The minimum Gasteiger partial charge on any atom is -0.491 e. The highest BCUT2D eigenvalue weighted by Gasteiger charge is 2.37. The van der Waals surface area contributed by atoms with Gasteiger partial charge in [-0.15, -0.1) is 0 Å². The van der Waals surface area contributed by atoms with Gasteiger partial charge < -0.3 is 14.8 Å². The number of benzene rings is 1. The first-order valence-electron chi connectivity index (χ1n) is 8.78. The van der Waals surface area contributed by atoms with Crippen molar-refractivity contribution in [2.75, 3.05) is 23.4 Å². The van der Waals surface area contributed by atoms with Gasteiger partial charge >= 0.3 is 6.09 Å². The molecule has 0 aliphatic carbocycles. The van der Waals surface area contributed by atoms with Crippen molar-refractivity contribution in [3.05, 3.63) is 42.6 Å². The smallest absolute Gasteiger partial charge is 0.415 e. The fourth-order valence-corrected chi connectivity index (χ4v) is 2.74. The minimum absolute atomic E-state index is 0.00289. The van der Waals surface area contributed by atoms with E-state index in [9.17, 15) is 4.79 Å². The Morgan fingerprint density at radius 1 is 1.27 bits per heavy atom. The Labute approximate surface area is 153 Å². The van der Waals surface area contributed by atoms with Gasteiger partial charge in [0.2, 0.25) is 5.95 Å². The number of hydrogen-bond donors (Lipinski definition) is 1. The van der Waals surface area contributed by atoms with E-state index in [0.29, 0.717) is 25.0 Å². The van der Waals surface area contributed by atoms with Crippen LogP contribution in [0.25, 0.3) is 0 Å². The lowest BCUT2D eigenvalue weighted by molar-refractivity contribution is 0.177. The van der Waals surface area contributed by atoms with Crippen molar-refractivity contribution in [2.24, 2.45) is 5.92 Å². The third kappa shape index (κ3) is 4.22. The molecule has 0 saturated carbocycles. The van der Waals surface area contributed by atoms with Gasteiger partial charge in [-0.05, 0) is 31.0 Å². The van der Waals surface area contributed by atoms with Gasteiger partial charge in [-0.1, -0.05) is 32.0 Å². The Morgan fingerprint density at radius 2 is 2.04 bits per heavy atom. The normalized spacial score (nSPS) is 17.9. The van der Waals surface area contributed by atoms with Gasteiger partial charge in [-0.2, -0.15) is 4.98 Å². The molecule has 0 radical (unpaired) electrons. The lowest BCUT2D eigenvalue weighted by Gasteiger charge is -2.23. The molecule has 2 aromatic rings. The molecular weight excluding hydrogens is 332 g/mol. The number of amides is 1. The van der Waals surface area contributed by atoms with E-state index in [0.717, 1.165) is 5.75 Å². The Kier molecular flexibility index (Phi) is 5.55. The van der Waals surface area contributed by atoms with Crippen molar-refractivity contribution in [3.63, 3.8) is 0 Å². The van der Waals surface area contributed by atoms with E-state index in [1.165, 1.54) is 0 Å². The van der Waals surface area contributed by atoms with Crippen molar-refractivity contribution in [1.29, 1.82) is 0 Å². The highest BCUT2D eigenvalue weighted by molar-refractivity contribution is 5.89. The first-order valence-corrected chi connectivity index (χ1v) is 8.78. The summed E-state index contributed by atoms with van der Waals surface area (Å²) in [6.07, 6.45) is 1.27. The van der Waals surface area contributed by atoms with Gasteiger partial charge in [0, 0.05) is 6.20 Å². The van der Waals surface area contributed by atoms with Crippen LogP contribution in [0.15, 0.2) is 42.6 Å². The molecule has 2 unspecified atom stereocenters. The summed E-state index contributed by atoms with van der Waals surface area (Å²) in [6.45, 7) is 6.95. The summed E-state index contributed by atoms with van der Waals surface area (Å²) in [6, 6.07) is 11.3. The van der Waals surface area contributed by atoms with Crippen LogP contribution in [-0.2, 0) is 4.74 Å². The van der Waals surface area contributed by atoms with Crippen molar-refractivity contribution in [2.45, 2.75) is 32.9 Å². The number of rotatable bonds is 7. The first-order chi connectivity index (χ1) is 12.5. The predicted octanol–water partition coefficient (Wildman–Crippen LogP) is 3.34. The first kappa shape index (κ1) is 18.0. The molecule has 26 heavy (non-hydrogen) atoms. The average molecular weight is 356 g/mol. The number of carbonyl (C=O) groups is 1. The van der Waals surface area contributed by atoms with Crippen LogP contribution in [-0.4, -0.2) is 41.4 Å². The lowest BCUT2D eigenvalue weighted by atomic mass is 10.0. The maximum atomic E-state index is 12.1. The molecule has 7 heteroatoms. The molecule has 2 atom stereocenters. The highest BCUT2D eigenvalue weighted by atomic mass is 16.6. The molecule has 1 aromatic heterocycles. The predicted molar refractivity (Wildman–Crippen MR) is 99.5 cm³/mol. The summed E-state index contributed by atoms with van der Waals surface area (Å²) in [5.41, 5.74) is 0. The molecule has 0 bridgehead atoms. The van der Waals surface area contributed by atoms with Crippen molar-refractivity contribution in [1.82, 2.24) is 9.97 Å². The van der Waals surface area contributed by atoms with Crippen molar-refractivity contribution in [3.8, 4) is 5.75 Å². The van der Waals surface area contributed by atoms with Gasteiger partial charge in [-0.3, -0.25) is 4.90 Å². The van der Waals surface area contributed by atoms with Crippen molar-refractivity contribution >= 4 is 17.9 Å². The number of nitrogens with one attached hydrogen (secondary N) is 1. The van der Waals surface area contributed by atoms with Crippen LogP contribution in [0, 0.1) is 5.92 Å². The third-order valence-corrected chi connectivity index (χ3v) is 4.18. The zero-order chi connectivity index (χ0) is 18.5. The molecule has 1 N–H and O–H groups in total. The largest absolute Gasteiger partial charge is 0.491 e. The molecule has 1 aliphatic heterocycles. The fourth-order valence-electron chi connectivity index (χ4n) is 2.74. The van der Waals surface area contributed by atoms with Gasteiger partial charge in [0.05, 0.1) is 12.1 Å². The molecule has 1 aromatic carbocycles. The highest BCUT2D eigenvalue weighted by Crippen LogP contribution is 2.25. The van der Waals surface area contributed by atoms with Crippen LogP contribution in [0.4, 0.5) is 16.6 Å². The van der Waals surface area contributed by atoms with Crippen LogP contribution in [0.2, 0.25) is 0 Å². The van der Waals surface area contributed by atoms with E-state index in [4.69, 9.17) is 9.47 Å². The molecule has 1 saturated heterocycles. The SMILES string of the molecule is CC(COc1ccccc1)Nc1nccc(N2C(=O)OCC2C(C)C)n1. The zero-order valence-corrected chi connectivity index (χ0v) is 15.3. The lowest BCUT2D eigenvalue weighted by Crippen LogP contribution is -2.38. The van der Waals surface area contributed by atoms with E-state index < -0.39 is 0 Å². The number of para-hydroxylation sites is 1. The minimum atomic E-state index is -0.367. The molecule has 1 aliphatic rings. The van der Waals surface area contributed by atoms with E-state index in [-0.39, 0.29) is 24.1 Å². The van der Waals surface area contributed by atoms with E-state index >= 15 is 0 Å². The third-order valence-electron chi connectivity index (χ3n) is 4.18. The van der Waals surface area contributed by atoms with Gasteiger partial charge in [-0.25, -0.2) is 9.78 Å². The number of carbonyl (C=O) groups excluding carboxylic acids is 1. The molecular formula is C19H24N4O3. The molecule has 2 heterocycles. The van der Waals surface area contributed by atoms with Crippen LogP contribution >= 0.6 is 0 Å². The molecule has 1 fully saturated rings. The monoisotopic (exact) mass is 356 g/mol. The number of anilines is 2. The Bertz CT molecular complexity index is 739. The molecule has 3 rings (SSSR count). The second-order valence-electron chi connectivity index (χ2n) is 6.67. The van der Waals surface area contributed by atoms with Gasteiger partial charge in [0.1, 0.15) is 24.8 Å². The maximum Gasteiger partial charge on any atom is 0.415 e. The van der Waals surface area contributed by atoms with Crippen LogP contribution in [0.1, 0.15) is 20.8 Å².